The number of fused-ring (bicyclic) bond motifs is 1. The van der Waals surface area contributed by atoms with E-state index in [2.05, 4.69) is 21.9 Å². The summed E-state index contributed by atoms with van der Waals surface area (Å²) in [6, 6.07) is 10.7. The first kappa shape index (κ1) is 18.7. The molecule has 4 rings (SSSR count). The molecule has 3 heterocycles. The molecule has 3 aromatic rings. The number of H-pyrrole nitrogens is 1. The van der Waals surface area contributed by atoms with Gasteiger partial charge in [-0.25, -0.2) is 4.98 Å². The number of hydrogen-bond donors (Lipinski definition) is 2. The molecule has 0 spiro atoms. The van der Waals surface area contributed by atoms with Crippen molar-refractivity contribution in [2.45, 2.75) is 25.3 Å². The van der Waals surface area contributed by atoms with Crippen molar-refractivity contribution in [2.75, 3.05) is 20.1 Å². The quantitative estimate of drug-likeness (QED) is 0.684. The Balaban J connectivity index is 1.39. The molecule has 146 valence electrons. The van der Waals surface area contributed by atoms with Crippen LogP contribution in [-0.4, -0.2) is 40.8 Å². The lowest BCUT2D eigenvalue weighted by Crippen LogP contribution is -2.32. The van der Waals surface area contributed by atoms with Crippen LogP contribution in [0.2, 0.25) is 0 Å². The summed E-state index contributed by atoms with van der Waals surface area (Å²) in [5, 5.41) is 0.927. The van der Waals surface area contributed by atoms with Crippen molar-refractivity contribution >= 4 is 16.8 Å². The van der Waals surface area contributed by atoms with E-state index in [9.17, 15) is 4.79 Å². The third-order valence-electron chi connectivity index (χ3n) is 5.56. The highest BCUT2D eigenvalue weighted by molar-refractivity contribution is 5.85. The topological polar surface area (TPSA) is 84.2 Å². The SMILES string of the molecule is CN1CCC(CC(=O)C(N)c2ccc(Oc3ccnc4[nH]ccc34)cc2)CC1. The molecule has 1 saturated heterocycles. The molecule has 1 aromatic carbocycles. The van der Waals surface area contributed by atoms with E-state index in [-0.39, 0.29) is 5.78 Å². The second-order valence-electron chi connectivity index (χ2n) is 7.61. The minimum absolute atomic E-state index is 0.117. The van der Waals surface area contributed by atoms with Gasteiger partial charge < -0.3 is 20.4 Å². The number of pyridine rings is 1. The molecule has 0 radical (unpaired) electrons. The lowest BCUT2D eigenvalue weighted by Gasteiger charge is -2.29. The van der Waals surface area contributed by atoms with Crippen LogP contribution in [0.4, 0.5) is 0 Å². The molecule has 0 saturated carbocycles. The third-order valence-corrected chi connectivity index (χ3v) is 5.56. The van der Waals surface area contributed by atoms with Crippen LogP contribution in [0.5, 0.6) is 11.5 Å². The van der Waals surface area contributed by atoms with E-state index in [1.807, 2.05) is 42.6 Å². The number of ether oxygens (including phenoxy) is 1. The maximum absolute atomic E-state index is 12.6. The molecule has 1 aliphatic heterocycles. The zero-order valence-electron chi connectivity index (χ0n) is 16.1. The maximum Gasteiger partial charge on any atom is 0.154 e. The first-order chi connectivity index (χ1) is 13.6. The van der Waals surface area contributed by atoms with Crippen molar-refractivity contribution in [1.29, 1.82) is 0 Å². The van der Waals surface area contributed by atoms with Crippen molar-refractivity contribution in [3.05, 3.63) is 54.4 Å². The number of carbonyl (C=O) groups is 1. The van der Waals surface area contributed by atoms with Crippen LogP contribution < -0.4 is 10.5 Å². The molecule has 28 heavy (non-hydrogen) atoms. The molecule has 0 aliphatic carbocycles. The van der Waals surface area contributed by atoms with E-state index in [1.165, 1.54) is 0 Å². The van der Waals surface area contributed by atoms with E-state index in [1.54, 1.807) is 6.20 Å². The Labute approximate surface area is 164 Å². The predicted octanol–water partition coefficient (Wildman–Crippen LogP) is 3.66. The lowest BCUT2D eigenvalue weighted by atomic mass is 9.88. The fraction of sp³-hybridized carbons (Fsp3) is 0.364. The number of ketones is 1. The predicted molar refractivity (Wildman–Crippen MR) is 109 cm³/mol. The van der Waals surface area contributed by atoms with Crippen molar-refractivity contribution in [1.82, 2.24) is 14.9 Å². The van der Waals surface area contributed by atoms with Gasteiger partial charge >= 0.3 is 0 Å². The molecule has 6 heteroatoms. The Hall–Kier alpha value is -2.70. The van der Waals surface area contributed by atoms with E-state index >= 15 is 0 Å². The van der Waals surface area contributed by atoms with Crippen LogP contribution in [0.3, 0.4) is 0 Å². The highest BCUT2D eigenvalue weighted by Crippen LogP contribution is 2.29. The Morgan fingerprint density at radius 2 is 2.00 bits per heavy atom. The van der Waals surface area contributed by atoms with Crippen molar-refractivity contribution in [3.8, 4) is 11.5 Å². The Kier molecular flexibility index (Phi) is 5.41. The summed E-state index contributed by atoms with van der Waals surface area (Å²) in [6.07, 6.45) is 6.25. The molecular formula is C22H26N4O2. The zero-order valence-corrected chi connectivity index (χ0v) is 16.1. The second kappa shape index (κ2) is 8.12. The van der Waals surface area contributed by atoms with Gasteiger partial charge in [0.25, 0.3) is 0 Å². The van der Waals surface area contributed by atoms with Crippen LogP contribution in [0.25, 0.3) is 11.0 Å². The number of nitrogens with one attached hydrogen (secondary N) is 1. The molecule has 1 fully saturated rings. The normalized spacial score (nSPS) is 16.9. The van der Waals surface area contributed by atoms with Gasteiger partial charge in [0, 0.05) is 18.8 Å². The van der Waals surface area contributed by atoms with Crippen LogP contribution in [0.15, 0.2) is 48.8 Å². The molecule has 1 aliphatic rings. The number of rotatable bonds is 6. The van der Waals surface area contributed by atoms with Crippen molar-refractivity contribution < 1.29 is 9.53 Å². The number of nitrogens with zero attached hydrogens (tertiary/aromatic N) is 2. The Morgan fingerprint density at radius 1 is 1.25 bits per heavy atom. The van der Waals surface area contributed by atoms with Crippen LogP contribution in [0, 0.1) is 5.92 Å². The number of carbonyl (C=O) groups excluding carboxylic acids is 1. The van der Waals surface area contributed by atoms with E-state index < -0.39 is 6.04 Å². The fourth-order valence-electron chi connectivity index (χ4n) is 3.76. The Bertz CT molecular complexity index is 943. The van der Waals surface area contributed by atoms with E-state index in [4.69, 9.17) is 10.5 Å². The Morgan fingerprint density at radius 3 is 2.75 bits per heavy atom. The molecule has 2 aromatic heterocycles. The molecule has 6 nitrogen and oxygen atoms in total. The molecule has 1 unspecified atom stereocenters. The highest BCUT2D eigenvalue weighted by Gasteiger charge is 2.23. The maximum atomic E-state index is 12.6. The fourth-order valence-corrected chi connectivity index (χ4v) is 3.76. The molecule has 0 amide bonds. The number of piperidine rings is 1. The molecule has 0 bridgehead atoms. The molecule has 1 atom stereocenters. The minimum Gasteiger partial charge on any atom is -0.457 e. The first-order valence-corrected chi connectivity index (χ1v) is 9.77. The van der Waals surface area contributed by atoms with Gasteiger partial charge in [0.05, 0.1) is 11.4 Å². The van der Waals surface area contributed by atoms with E-state index in [0.717, 1.165) is 48.3 Å². The summed E-state index contributed by atoms with van der Waals surface area (Å²) in [5.41, 5.74) is 7.85. The zero-order chi connectivity index (χ0) is 19.5. The lowest BCUT2D eigenvalue weighted by molar-refractivity contribution is -0.121. The van der Waals surface area contributed by atoms with Gasteiger partial charge in [0.15, 0.2) is 5.78 Å². The average molecular weight is 378 g/mol. The summed E-state index contributed by atoms with van der Waals surface area (Å²) < 4.78 is 5.99. The van der Waals surface area contributed by atoms with Crippen LogP contribution in [-0.2, 0) is 4.79 Å². The smallest absolute Gasteiger partial charge is 0.154 e. The summed E-state index contributed by atoms with van der Waals surface area (Å²) in [7, 11) is 2.13. The van der Waals surface area contributed by atoms with Crippen LogP contribution in [0.1, 0.15) is 30.9 Å². The summed E-state index contributed by atoms with van der Waals surface area (Å²) in [5.74, 6) is 2.01. The highest BCUT2D eigenvalue weighted by atomic mass is 16.5. The summed E-state index contributed by atoms with van der Waals surface area (Å²) in [4.78, 5) is 22.2. The monoisotopic (exact) mass is 378 g/mol. The number of likely N-dealkylation sites (tertiary alicyclic amines) is 1. The van der Waals surface area contributed by atoms with Gasteiger partial charge in [-0.3, -0.25) is 4.79 Å². The van der Waals surface area contributed by atoms with Gasteiger partial charge in [-0.15, -0.1) is 0 Å². The van der Waals surface area contributed by atoms with Gasteiger partial charge in [-0.2, -0.15) is 0 Å². The van der Waals surface area contributed by atoms with Gasteiger partial charge in [0.1, 0.15) is 17.1 Å². The van der Waals surface area contributed by atoms with E-state index in [0.29, 0.717) is 18.1 Å². The second-order valence-corrected chi connectivity index (χ2v) is 7.61. The number of aromatic nitrogens is 2. The third kappa shape index (κ3) is 4.08. The van der Waals surface area contributed by atoms with Gasteiger partial charge in [-0.1, -0.05) is 12.1 Å². The largest absolute Gasteiger partial charge is 0.457 e. The number of Topliss-reactive ketones (excluding diaryl/α,β-unsaturated/α-hetero) is 1. The van der Waals surface area contributed by atoms with Gasteiger partial charge in [-0.05, 0) is 68.7 Å². The van der Waals surface area contributed by atoms with Gasteiger partial charge in [0.2, 0.25) is 0 Å². The van der Waals surface area contributed by atoms with Crippen molar-refractivity contribution in [3.63, 3.8) is 0 Å². The number of aromatic amines is 1. The number of nitrogens with two attached hydrogens (primary N) is 1. The van der Waals surface area contributed by atoms with Crippen molar-refractivity contribution in [2.24, 2.45) is 11.7 Å². The minimum atomic E-state index is -0.578. The summed E-state index contributed by atoms with van der Waals surface area (Å²) >= 11 is 0. The average Bonchev–Trinajstić information content (AvgIpc) is 3.20. The molecular weight excluding hydrogens is 352 g/mol. The number of benzene rings is 1. The first-order valence-electron chi connectivity index (χ1n) is 9.77. The summed E-state index contributed by atoms with van der Waals surface area (Å²) in [6.45, 7) is 2.12. The molecule has 3 N–H and O–H groups in total. The number of hydrogen-bond acceptors (Lipinski definition) is 5. The standard InChI is InChI=1S/C22H26N4O2/c1-26-12-8-15(9-13-26)14-19(27)21(23)16-2-4-17(5-3-16)28-20-7-11-25-22-18(20)6-10-24-22/h2-7,10-11,15,21H,8-9,12-14,23H2,1H3,(H,24,25). The van der Waals surface area contributed by atoms with Crippen LogP contribution >= 0.6 is 0 Å².